The predicted molar refractivity (Wildman–Crippen MR) is 96.4 cm³/mol. The van der Waals surface area contributed by atoms with E-state index < -0.39 is 0 Å². The zero-order chi connectivity index (χ0) is 17.4. The van der Waals surface area contributed by atoms with Crippen molar-refractivity contribution >= 4 is 5.91 Å². The van der Waals surface area contributed by atoms with Crippen molar-refractivity contribution in [1.29, 1.82) is 0 Å². The first-order valence-electron chi connectivity index (χ1n) is 9.42. The molecule has 0 bridgehead atoms. The zero-order valence-corrected chi connectivity index (χ0v) is 15.0. The average Bonchev–Trinajstić information content (AvgIpc) is 3.12. The summed E-state index contributed by atoms with van der Waals surface area (Å²) >= 11 is 0. The molecule has 2 aromatic rings. The average molecular weight is 338 g/mol. The number of nitrogens with zero attached hydrogens (tertiary/aromatic N) is 3. The summed E-state index contributed by atoms with van der Waals surface area (Å²) in [6.45, 7) is 6.06. The molecule has 132 valence electrons. The highest BCUT2D eigenvalue weighted by molar-refractivity contribution is 5.82. The van der Waals surface area contributed by atoms with E-state index in [0.717, 1.165) is 43.9 Å². The van der Waals surface area contributed by atoms with Crippen LogP contribution < -0.4 is 5.32 Å². The number of hydrogen-bond acceptors (Lipinski definition) is 3. The number of amides is 1. The van der Waals surface area contributed by atoms with Crippen molar-refractivity contribution < 1.29 is 4.79 Å². The summed E-state index contributed by atoms with van der Waals surface area (Å²) in [5.74, 6) is 3.34. The normalized spacial score (nSPS) is 21.4. The fourth-order valence-electron chi connectivity index (χ4n) is 3.81. The van der Waals surface area contributed by atoms with Gasteiger partial charge >= 0.3 is 0 Å². The van der Waals surface area contributed by atoms with E-state index in [2.05, 4.69) is 58.2 Å². The van der Waals surface area contributed by atoms with Gasteiger partial charge in [0.05, 0.1) is 0 Å². The van der Waals surface area contributed by atoms with Gasteiger partial charge in [-0.1, -0.05) is 38.1 Å². The third-order valence-corrected chi connectivity index (χ3v) is 5.49. The number of nitrogens with one attached hydrogen (secondary N) is 1. The van der Waals surface area contributed by atoms with Crippen LogP contribution in [0.1, 0.15) is 61.3 Å². The summed E-state index contributed by atoms with van der Waals surface area (Å²) in [5, 5.41) is 11.5. The van der Waals surface area contributed by atoms with E-state index in [1.165, 1.54) is 11.1 Å². The number of fused-ring (bicyclic) bond motifs is 1. The van der Waals surface area contributed by atoms with Crippen LogP contribution in [-0.4, -0.2) is 27.2 Å². The lowest BCUT2D eigenvalue weighted by molar-refractivity contribution is -0.122. The van der Waals surface area contributed by atoms with Crippen LogP contribution in [0.4, 0.5) is 0 Å². The molecule has 0 radical (unpaired) electrons. The minimum absolute atomic E-state index is 0.133. The first kappa shape index (κ1) is 16.3. The zero-order valence-electron chi connectivity index (χ0n) is 15.0. The molecule has 1 aromatic carbocycles. The van der Waals surface area contributed by atoms with Gasteiger partial charge in [-0.3, -0.25) is 4.79 Å². The molecule has 2 aliphatic rings. The summed E-state index contributed by atoms with van der Waals surface area (Å²) in [5.41, 5.74) is 2.64. The van der Waals surface area contributed by atoms with Gasteiger partial charge in [-0.2, -0.15) is 0 Å². The molecule has 4 rings (SSSR count). The van der Waals surface area contributed by atoms with Gasteiger partial charge in [0.25, 0.3) is 0 Å². The van der Waals surface area contributed by atoms with Crippen LogP contribution in [0.3, 0.4) is 0 Å². The lowest BCUT2D eigenvalue weighted by Crippen LogP contribution is -2.28. The first-order valence-corrected chi connectivity index (χ1v) is 9.42. The number of benzene rings is 1. The minimum atomic E-state index is 0.133. The summed E-state index contributed by atoms with van der Waals surface area (Å²) < 4.78 is 2.20. The molecule has 1 saturated carbocycles. The van der Waals surface area contributed by atoms with Gasteiger partial charge in [-0.15, -0.1) is 10.2 Å². The summed E-state index contributed by atoms with van der Waals surface area (Å²) in [6, 6.07) is 8.76. The maximum atomic E-state index is 12.4. The van der Waals surface area contributed by atoms with Crippen LogP contribution in [0.2, 0.25) is 0 Å². The number of aryl methyl sites for hydroxylation is 1. The topological polar surface area (TPSA) is 59.8 Å². The van der Waals surface area contributed by atoms with E-state index in [4.69, 9.17) is 0 Å². The first-order chi connectivity index (χ1) is 12.1. The van der Waals surface area contributed by atoms with Gasteiger partial charge in [0, 0.05) is 31.8 Å². The molecule has 0 saturated heterocycles. The van der Waals surface area contributed by atoms with E-state index in [9.17, 15) is 4.79 Å². The highest BCUT2D eigenvalue weighted by Crippen LogP contribution is 2.47. The maximum absolute atomic E-state index is 12.4. The molecule has 2 atom stereocenters. The quantitative estimate of drug-likeness (QED) is 0.881. The predicted octanol–water partition coefficient (Wildman–Crippen LogP) is 2.81. The van der Waals surface area contributed by atoms with Crippen molar-refractivity contribution in [2.45, 2.75) is 57.9 Å². The molecule has 1 N–H and O–H groups in total. The molecule has 1 aliphatic carbocycles. The summed E-state index contributed by atoms with van der Waals surface area (Å²) in [6.07, 6.45) is 3.91. The van der Waals surface area contributed by atoms with Crippen LogP contribution >= 0.6 is 0 Å². The van der Waals surface area contributed by atoms with Crippen molar-refractivity contribution in [3.8, 4) is 0 Å². The molecule has 0 unspecified atom stereocenters. The van der Waals surface area contributed by atoms with E-state index in [1.54, 1.807) is 0 Å². The number of aromatic nitrogens is 3. The Morgan fingerprint density at radius 3 is 2.84 bits per heavy atom. The lowest BCUT2D eigenvalue weighted by atomic mass is 10.00. The Labute approximate surface area is 148 Å². The Morgan fingerprint density at radius 1 is 1.28 bits per heavy atom. The Balaban J connectivity index is 1.26. The second-order valence-corrected chi connectivity index (χ2v) is 7.60. The third-order valence-electron chi connectivity index (χ3n) is 5.49. The number of rotatable bonds is 6. The van der Waals surface area contributed by atoms with Gasteiger partial charge in [0.2, 0.25) is 5.91 Å². The van der Waals surface area contributed by atoms with Crippen molar-refractivity contribution in [2.75, 3.05) is 6.54 Å². The van der Waals surface area contributed by atoms with Crippen molar-refractivity contribution in [1.82, 2.24) is 20.1 Å². The SMILES string of the molecule is CC(C)c1ccc([C@@H]2C[C@H]2C(=O)NCCc2nnc3n2CCC3)cc1. The Bertz CT molecular complexity index is 763. The number of carbonyl (C=O) groups excluding carboxylic acids is 1. The van der Waals surface area contributed by atoms with Crippen LogP contribution in [-0.2, 0) is 24.2 Å². The fraction of sp³-hybridized carbons (Fsp3) is 0.550. The van der Waals surface area contributed by atoms with Gasteiger partial charge in [-0.05, 0) is 35.8 Å². The highest BCUT2D eigenvalue weighted by Gasteiger charge is 2.43. The summed E-state index contributed by atoms with van der Waals surface area (Å²) in [4.78, 5) is 12.4. The van der Waals surface area contributed by atoms with Crippen LogP contribution in [0.15, 0.2) is 24.3 Å². The molecular formula is C20H26N4O. The van der Waals surface area contributed by atoms with Crippen molar-refractivity contribution in [3.05, 3.63) is 47.0 Å². The standard InChI is InChI=1S/C20H26N4O/c1-13(2)14-5-7-15(8-6-14)16-12-17(16)20(25)21-10-9-19-23-22-18-4-3-11-24(18)19/h5-8,13,16-17H,3-4,9-12H2,1-2H3,(H,21,25)/t16-,17+/m0/s1. The molecule has 25 heavy (non-hydrogen) atoms. The van der Waals surface area contributed by atoms with Gasteiger partial charge in [0.1, 0.15) is 11.6 Å². The molecule has 5 heteroatoms. The largest absolute Gasteiger partial charge is 0.355 e. The van der Waals surface area contributed by atoms with Gasteiger partial charge in [0.15, 0.2) is 0 Å². The van der Waals surface area contributed by atoms with Crippen LogP contribution in [0.5, 0.6) is 0 Å². The molecule has 1 amide bonds. The van der Waals surface area contributed by atoms with Gasteiger partial charge in [-0.25, -0.2) is 0 Å². The molecule has 2 heterocycles. The molecule has 0 spiro atoms. The Hall–Kier alpha value is -2.17. The highest BCUT2D eigenvalue weighted by atomic mass is 16.2. The second-order valence-electron chi connectivity index (χ2n) is 7.60. The molecule has 1 aromatic heterocycles. The number of carbonyl (C=O) groups is 1. The third kappa shape index (κ3) is 3.32. The minimum Gasteiger partial charge on any atom is -0.355 e. The van der Waals surface area contributed by atoms with Gasteiger partial charge < -0.3 is 9.88 Å². The maximum Gasteiger partial charge on any atom is 0.223 e. The molecular weight excluding hydrogens is 312 g/mol. The number of hydrogen-bond donors (Lipinski definition) is 1. The second kappa shape index (κ2) is 6.62. The van der Waals surface area contributed by atoms with Crippen molar-refractivity contribution in [2.24, 2.45) is 5.92 Å². The van der Waals surface area contributed by atoms with Crippen LogP contribution in [0, 0.1) is 5.92 Å². The van der Waals surface area contributed by atoms with E-state index in [-0.39, 0.29) is 11.8 Å². The smallest absolute Gasteiger partial charge is 0.223 e. The van der Waals surface area contributed by atoms with E-state index >= 15 is 0 Å². The van der Waals surface area contributed by atoms with E-state index in [1.807, 2.05) is 0 Å². The molecule has 5 nitrogen and oxygen atoms in total. The summed E-state index contributed by atoms with van der Waals surface area (Å²) in [7, 11) is 0. The fourth-order valence-corrected chi connectivity index (χ4v) is 3.81. The molecule has 1 fully saturated rings. The van der Waals surface area contributed by atoms with Crippen molar-refractivity contribution in [3.63, 3.8) is 0 Å². The molecule has 1 aliphatic heterocycles. The Morgan fingerprint density at radius 2 is 2.08 bits per heavy atom. The Kier molecular flexibility index (Phi) is 4.32. The van der Waals surface area contributed by atoms with E-state index in [0.29, 0.717) is 18.4 Å². The lowest BCUT2D eigenvalue weighted by Gasteiger charge is -2.07. The monoisotopic (exact) mass is 338 g/mol. The van der Waals surface area contributed by atoms with Crippen LogP contribution in [0.25, 0.3) is 0 Å².